The summed E-state index contributed by atoms with van der Waals surface area (Å²) < 4.78 is 39.8. The van der Waals surface area contributed by atoms with E-state index in [0.29, 0.717) is 12.2 Å². The van der Waals surface area contributed by atoms with E-state index < -0.39 is 6.36 Å². The molecule has 3 nitrogen and oxygen atoms in total. The van der Waals surface area contributed by atoms with Crippen molar-refractivity contribution in [1.29, 1.82) is 0 Å². The van der Waals surface area contributed by atoms with Crippen LogP contribution in [0.25, 0.3) is 5.70 Å². The summed E-state index contributed by atoms with van der Waals surface area (Å²) in [5.41, 5.74) is 1.39. The van der Waals surface area contributed by atoms with Gasteiger partial charge < -0.3 is 15.4 Å². The first-order chi connectivity index (χ1) is 7.54. The molecule has 1 aliphatic rings. The van der Waals surface area contributed by atoms with E-state index in [1.54, 1.807) is 12.3 Å². The maximum atomic E-state index is 12.0. The van der Waals surface area contributed by atoms with Crippen LogP contribution in [0.2, 0.25) is 0 Å². The Labute approximate surface area is 89.9 Å². The Morgan fingerprint density at radius 2 is 2.06 bits per heavy atom. The molecule has 0 unspecified atom stereocenters. The van der Waals surface area contributed by atoms with Gasteiger partial charge in [-0.1, -0.05) is 12.1 Å². The summed E-state index contributed by atoms with van der Waals surface area (Å²) in [4.78, 5) is 0. The molecule has 1 heterocycles. The largest absolute Gasteiger partial charge is 0.573 e. The molecular weight excluding hydrogens is 221 g/mol. The van der Waals surface area contributed by atoms with Gasteiger partial charge in [0.25, 0.3) is 0 Å². The lowest BCUT2D eigenvalue weighted by Crippen LogP contribution is -2.17. The van der Waals surface area contributed by atoms with Crippen LogP contribution < -0.4 is 15.4 Å². The highest BCUT2D eigenvalue weighted by molar-refractivity contribution is 5.66. The standard InChI is InChI=1S/C10H9F3N2O/c11-10(12,13)16-8-3-1-2-7(4-8)9-5-14-6-15-9/h1-5,14-15H,6H2. The summed E-state index contributed by atoms with van der Waals surface area (Å²) in [5.74, 6) is -0.223. The summed E-state index contributed by atoms with van der Waals surface area (Å²) in [5, 5.41) is 5.88. The van der Waals surface area contributed by atoms with Gasteiger partial charge in [0.2, 0.25) is 0 Å². The Bertz CT molecular complexity index is 415. The predicted octanol–water partition coefficient (Wildman–Crippen LogP) is 2.03. The molecule has 6 heteroatoms. The van der Waals surface area contributed by atoms with Crippen LogP contribution in [-0.4, -0.2) is 13.0 Å². The highest BCUT2D eigenvalue weighted by Gasteiger charge is 2.31. The zero-order chi connectivity index (χ0) is 11.6. The molecule has 1 aromatic carbocycles. The van der Waals surface area contributed by atoms with E-state index >= 15 is 0 Å². The molecule has 0 aromatic heterocycles. The lowest BCUT2D eigenvalue weighted by Gasteiger charge is -2.10. The fourth-order valence-corrected chi connectivity index (χ4v) is 1.40. The molecule has 86 valence electrons. The third-order valence-electron chi connectivity index (χ3n) is 2.01. The monoisotopic (exact) mass is 230 g/mol. The molecule has 1 aromatic rings. The van der Waals surface area contributed by atoms with Crippen molar-refractivity contribution in [2.75, 3.05) is 6.67 Å². The highest BCUT2D eigenvalue weighted by atomic mass is 19.4. The van der Waals surface area contributed by atoms with E-state index in [9.17, 15) is 13.2 Å². The zero-order valence-electron chi connectivity index (χ0n) is 8.14. The van der Waals surface area contributed by atoms with Crippen LogP contribution in [-0.2, 0) is 0 Å². The molecule has 16 heavy (non-hydrogen) atoms. The van der Waals surface area contributed by atoms with E-state index in [1.807, 2.05) is 0 Å². The van der Waals surface area contributed by atoms with Gasteiger partial charge in [-0.25, -0.2) is 0 Å². The van der Waals surface area contributed by atoms with Gasteiger partial charge in [-0.05, 0) is 12.1 Å². The number of nitrogens with one attached hydrogen (secondary N) is 2. The molecule has 0 fully saturated rings. The first-order valence-corrected chi connectivity index (χ1v) is 4.58. The molecule has 0 aliphatic carbocycles. The van der Waals surface area contributed by atoms with Gasteiger partial charge in [0.05, 0.1) is 12.4 Å². The lowest BCUT2D eigenvalue weighted by atomic mass is 10.1. The van der Waals surface area contributed by atoms with Gasteiger partial charge in [0, 0.05) is 11.8 Å². The van der Waals surface area contributed by atoms with E-state index in [1.165, 1.54) is 18.2 Å². The van der Waals surface area contributed by atoms with Gasteiger partial charge in [0.1, 0.15) is 5.75 Å². The molecule has 0 saturated heterocycles. The Balaban J connectivity index is 2.19. The van der Waals surface area contributed by atoms with Crippen LogP contribution >= 0.6 is 0 Å². The number of alkyl halides is 3. The van der Waals surface area contributed by atoms with Crippen molar-refractivity contribution < 1.29 is 17.9 Å². The van der Waals surface area contributed by atoms with E-state index in [0.717, 1.165) is 5.70 Å². The van der Waals surface area contributed by atoms with Crippen LogP contribution in [0, 0.1) is 0 Å². The molecular formula is C10H9F3N2O. The molecule has 0 saturated carbocycles. The average Bonchev–Trinajstić information content (AvgIpc) is 2.68. The van der Waals surface area contributed by atoms with E-state index in [4.69, 9.17) is 0 Å². The third-order valence-corrected chi connectivity index (χ3v) is 2.01. The predicted molar refractivity (Wildman–Crippen MR) is 52.2 cm³/mol. The second-order valence-electron chi connectivity index (χ2n) is 3.19. The normalized spacial score (nSPS) is 15.1. The summed E-state index contributed by atoms with van der Waals surface area (Å²) in [6.45, 7) is 0.569. The second-order valence-corrected chi connectivity index (χ2v) is 3.19. The molecule has 2 rings (SSSR count). The molecule has 0 atom stereocenters. The molecule has 2 N–H and O–H groups in total. The summed E-state index contributed by atoms with van der Waals surface area (Å²) in [6.07, 6.45) is -2.96. The minimum Gasteiger partial charge on any atom is -0.406 e. The van der Waals surface area contributed by atoms with Crippen molar-refractivity contribution in [3.05, 3.63) is 36.0 Å². The van der Waals surface area contributed by atoms with E-state index in [-0.39, 0.29) is 5.75 Å². The number of rotatable bonds is 2. The number of hydrogen-bond acceptors (Lipinski definition) is 3. The summed E-state index contributed by atoms with van der Waals surface area (Å²) in [6, 6.07) is 5.81. The van der Waals surface area contributed by atoms with Crippen molar-refractivity contribution in [2.24, 2.45) is 0 Å². The van der Waals surface area contributed by atoms with Crippen molar-refractivity contribution in [3.8, 4) is 5.75 Å². The van der Waals surface area contributed by atoms with Crippen LogP contribution in [0.3, 0.4) is 0 Å². The maximum absolute atomic E-state index is 12.0. The van der Waals surface area contributed by atoms with Crippen molar-refractivity contribution >= 4 is 5.70 Å². The van der Waals surface area contributed by atoms with Gasteiger partial charge >= 0.3 is 6.36 Å². The van der Waals surface area contributed by atoms with E-state index in [2.05, 4.69) is 15.4 Å². The Morgan fingerprint density at radius 3 is 2.69 bits per heavy atom. The molecule has 0 radical (unpaired) electrons. The van der Waals surface area contributed by atoms with Gasteiger partial charge in [-0.2, -0.15) is 0 Å². The van der Waals surface area contributed by atoms with Crippen molar-refractivity contribution in [2.45, 2.75) is 6.36 Å². The molecule has 0 bridgehead atoms. The topological polar surface area (TPSA) is 33.3 Å². The van der Waals surface area contributed by atoms with Crippen molar-refractivity contribution in [1.82, 2.24) is 10.6 Å². The van der Waals surface area contributed by atoms with Crippen molar-refractivity contribution in [3.63, 3.8) is 0 Å². The Hall–Kier alpha value is -1.85. The molecule has 0 spiro atoms. The number of halogens is 3. The fraction of sp³-hybridized carbons (Fsp3) is 0.200. The Kier molecular flexibility index (Phi) is 2.64. The second kappa shape index (κ2) is 3.96. The van der Waals surface area contributed by atoms with Crippen LogP contribution in [0.4, 0.5) is 13.2 Å². The zero-order valence-corrected chi connectivity index (χ0v) is 8.14. The van der Waals surface area contributed by atoms with Gasteiger partial charge in [-0.3, -0.25) is 0 Å². The van der Waals surface area contributed by atoms with Crippen LogP contribution in [0.5, 0.6) is 5.75 Å². The molecule has 0 amide bonds. The number of hydrogen-bond donors (Lipinski definition) is 2. The fourth-order valence-electron chi connectivity index (χ4n) is 1.40. The quantitative estimate of drug-likeness (QED) is 0.815. The average molecular weight is 230 g/mol. The van der Waals surface area contributed by atoms with Gasteiger partial charge in [0.15, 0.2) is 0 Å². The van der Waals surface area contributed by atoms with Crippen LogP contribution in [0.15, 0.2) is 30.5 Å². The maximum Gasteiger partial charge on any atom is 0.573 e. The SMILES string of the molecule is FC(F)(F)Oc1cccc(C2=CNCN2)c1. The smallest absolute Gasteiger partial charge is 0.406 e. The number of ether oxygens (including phenoxy) is 1. The first kappa shape index (κ1) is 10.7. The summed E-state index contributed by atoms with van der Waals surface area (Å²) >= 11 is 0. The summed E-state index contributed by atoms with van der Waals surface area (Å²) in [7, 11) is 0. The molecule has 1 aliphatic heterocycles. The highest BCUT2D eigenvalue weighted by Crippen LogP contribution is 2.25. The van der Waals surface area contributed by atoms with Gasteiger partial charge in [-0.15, -0.1) is 13.2 Å². The lowest BCUT2D eigenvalue weighted by molar-refractivity contribution is -0.274. The minimum absolute atomic E-state index is 0.223. The number of benzene rings is 1. The third kappa shape index (κ3) is 2.59. The minimum atomic E-state index is -4.66. The van der Waals surface area contributed by atoms with Crippen LogP contribution in [0.1, 0.15) is 5.56 Å². The Morgan fingerprint density at radius 1 is 1.25 bits per heavy atom. The first-order valence-electron chi connectivity index (χ1n) is 4.58.